The van der Waals surface area contributed by atoms with Gasteiger partial charge in [-0.15, -0.1) is 0 Å². The van der Waals surface area contributed by atoms with Crippen molar-refractivity contribution in [3.8, 4) is 0 Å². The zero-order valence-electron chi connectivity index (χ0n) is 26.1. The van der Waals surface area contributed by atoms with Gasteiger partial charge in [0.25, 0.3) is 5.56 Å². The van der Waals surface area contributed by atoms with Crippen LogP contribution >= 0.6 is 23.5 Å². The van der Waals surface area contributed by atoms with Crippen LogP contribution < -0.4 is 16.6 Å². The summed E-state index contributed by atoms with van der Waals surface area (Å²) in [4.78, 5) is 76.3. The van der Waals surface area contributed by atoms with Gasteiger partial charge < -0.3 is 34.7 Å². The lowest BCUT2D eigenvalue weighted by atomic mass is 9.91. The second-order valence-corrected chi connectivity index (χ2v) is 16.0. The number of aromatic amines is 1. The van der Waals surface area contributed by atoms with Crippen LogP contribution in [0.5, 0.6) is 0 Å². The Morgan fingerprint density at radius 1 is 0.941 bits per heavy atom. The lowest BCUT2D eigenvalue weighted by molar-refractivity contribution is -0.120. The van der Waals surface area contributed by atoms with Gasteiger partial charge in [0, 0.05) is 19.2 Å². The summed E-state index contributed by atoms with van der Waals surface area (Å²) in [6.45, 7) is -0.898. The molecule has 0 radical (unpaired) electrons. The van der Waals surface area contributed by atoms with E-state index in [-0.39, 0.29) is 30.9 Å². The summed E-state index contributed by atoms with van der Waals surface area (Å²) in [5.41, 5.74) is -0.824. The molecule has 21 heteroatoms. The van der Waals surface area contributed by atoms with E-state index in [2.05, 4.69) is 47.7 Å². The van der Waals surface area contributed by atoms with Gasteiger partial charge in [0.1, 0.15) is 12.3 Å². The molecule has 6 rings (SSSR count). The Kier molecular flexibility index (Phi) is 10.3. The smallest absolute Gasteiger partial charge is 0.390 e. The minimum absolute atomic E-state index is 0.00886. The molecule has 5 atom stereocenters. The molecule has 18 nitrogen and oxygen atoms in total. The van der Waals surface area contributed by atoms with Crippen LogP contribution in [0.1, 0.15) is 23.8 Å². The van der Waals surface area contributed by atoms with Crippen molar-refractivity contribution in [3.05, 3.63) is 98.8 Å². The molecule has 0 spiro atoms. The molecule has 5 aromatic rings. The highest BCUT2D eigenvalue weighted by Gasteiger charge is 2.43. The van der Waals surface area contributed by atoms with Crippen LogP contribution in [0.25, 0.3) is 38.4 Å². The molecule has 2 heterocycles. The Balaban J connectivity index is 1.07. The van der Waals surface area contributed by atoms with Crippen LogP contribution in [0.3, 0.4) is 0 Å². The largest absolute Gasteiger partial charge is 0.490 e. The Labute approximate surface area is 286 Å². The normalized spacial score (nSPS) is 20.7. The van der Waals surface area contributed by atoms with Crippen molar-refractivity contribution >= 4 is 67.8 Å². The molecule has 1 aromatic heterocycles. The van der Waals surface area contributed by atoms with E-state index in [1.807, 2.05) is 30.3 Å². The molecule has 0 aliphatic carbocycles. The highest BCUT2D eigenvalue weighted by molar-refractivity contribution is 7.66. The number of rotatable bonds is 13. The number of nitrogens with one attached hydrogen (secondary N) is 2. The van der Waals surface area contributed by atoms with Gasteiger partial charge in [-0.1, -0.05) is 66.7 Å². The third-order valence-electron chi connectivity index (χ3n) is 8.01. The van der Waals surface area contributed by atoms with Gasteiger partial charge in [0.15, 0.2) is 0 Å². The number of H-pyrrole nitrogens is 1. The summed E-state index contributed by atoms with van der Waals surface area (Å²) in [5.74, 6) is -0.260. The first kappa shape index (κ1) is 36.9. The van der Waals surface area contributed by atoms with Gasteiger partial charge in [-0.05, 0) is 37.9 Å². The van der Waals surface area contributed by atoms with Gasteiger partial charge in [-0.25, -0.2) is 18.5 Å². The third-order valence-corrected chi connectivity index (χ3v) is 11.8. The average Bonchev–Trinajstić information content (AvgIpc) is 3.40. The molecule has 1 aliphatic rings. The molecule has 0 saturated carbocycles. The van der Waals surface area contributed by atoms with E-state index in [0.29, 0.717) is 0 Å². The molecule has 1 amide bonds. The molecule has 1 aliphatic heterocycles. The summed E-state index contributed by atoms with van der Waals surface area (Å²) in [5, 5.41) is 19.7. The number of amides is 1. The fourth-order valence-corrected chi connectivity index (χ4v) is 8.91. The first-order chi connectivity index (χ1) is 24.0. The SMILES string of the molecule is O=C(Cc1ccc2ccc3cccc4ccc1c2c34)NC/C=C/c1cn([C@H]2C[C@H](O)[C@@H](COP(=O)(O)OP(=O)(O)OP(=O)(O)O)O2)c(=O)[nH]c1=O. The molecule has 4 aromatic carbocycles. The van der Waals surface area contributed by atoms with E-state index in [0.717, 1.165) is 48.6 Å². The number of carbonyl (C=O) groups is 1. The summed E-state index contributed by atoms with van der Waals surface area (Å²) >= 11 is 0. The standard InChI is InChI=1S/C30H30N3O15P3/c34-23-14-26(46-24(23)16-45-50(41,42)48-51(43,44)47-49(38,39)40)33-15-21(29(36)32-30(33)37)5-2-12-31-25(35)13-20-9-8-19-7-6-17-3-1-4-18-10-11-22(20)28(19)27(17)18/h1-11,15,23-24,26,34H,12-14,16H2,(H,31,35)(H,41,42)(H,43,44)(H,32,36,37)(H2,38,39,40)/b5-2+/t23-,24+,26+/m0/s1. The lowest BCUT2D eigenvalue weighted by Gasteiger charge is -2.19. The van der Waals surface area contributed by atoms with Crippen LogP contribution in [-0.2, 0) is 42.8 Å². The Hall–Kier alpha value is -3.86. The number of ether oxygens (including phenoxy) is 1. The topological polar surface area (TPSA) is 273 Å². The average molecular weight is 765 g/mol. The number of aromatic nitrogens is 2. The van der Waals surface area contributed by atoms with Crippen molar-refractivity contribution in [2.75, 3.05) is 13.2 Å². The number of aliphatic hydroxyl groups is 1. The van der Waals surface area contributed by atoms with E-state index >= 15 is 0 Å². The van der Waals surface area contributed by atoms with Gasteiger partial charge in [0.2, 0.25) is 5.91 Å². The summed E-state index contributed by atoms with van der Waals surface area (Å²) in [6.07, 6.45) is -0.176. The van der Waals surface area contributed by atoms with E-state index in [1.165, 1.54) is 12.2 Å². The Bertz CT molecular complexity index is 2410. The maximum atomic E-state index is 12.9. The maximum Gasteiger partial charge on any atom is 0.490 e. The monoisotopic (exact) mass is 765 g/mol. The molecule has 0 bridgehead atoms. The van der Waals surface area contributed by atoms with Crippen LogP contribution in [-0.4, -0.2) is 65.5 Å². The second kappa shape index (κ2) is 14.3. The number of aliphatic hydroxyl groups excluding tert-OH is 1. The first-order valence-corrected chi connectivity index (χ1v) is 19.6. The van der Waals surface area contributed by atoms with Gasteiger partial charge >= 0.3 is 29.2 Å². The predicted molar refractivity (Wildman–Crippen MR) is 182 cm³/mol. The number of phosphoric acid groups is 3. The highest BCUT2D eigenvalue weighted by atomic mass is 31.3. The van der Waals surface area contributed by atoms with Crippen molar-refractivity contribution in [1.29, 1.82) is 0 Å². The van der Waals surface area contributed by atoms with E-state index in [4.69, 9.17) is 14.5 Å². The van der Waals surface area contributed by atoms with Crippen molar-refractivity contribution in [3.63, 3.8) is 0 Å². The van der Waals surface area contributed by atoms with Crippen LogP contribution in [0.2, 0.25) is 0 Å². The zero-order valence-corrected chi connectivity index (χ0v) is 28.8. The molecule has 1 fully saturated rings. The predicted octanol–water partition coefficient (Wildman–Crippen LogP) is 2.80. The molecule has 51 heavy (non-hydrogen) atoms. The van der Waals surface area contributed by atoms with Crippen LogP contribution in [0.15, 0.2) is 76.5 Å². The summed E-state index contributed by atoms with van der Waals surface area (Å²) < 4.78 is 52.6. The fourth-order valence-electron chi connectivity index (χ4n) is 5.88. The molecule has 7 N–H and O–H groups in total. The number of phosphoric ester groups is 1. The van der Waals surface area contributed by atoms with Crippen molar-refractivity contribution in [1.82, 2.24) is 14.9 Å². The van der Waals surface area contributed by atoms with Crippen LogP contribution in [0.4, 0.5) is 0 Å². The van der Waals surface area contributed by atoms with E-state index in [1.54, 1.807) is 0 Å². The zero-order chi connectivity index (χ0) is 36.7. The number of hydrogen-bond acceptors (Lipinski definition) is 11. The second-order valence-electron chi connectivity index (χ2n) is 11.5. The van der Waals surface area contributed by atoms with Crippen molar-refractivity contribution in [2.24, 2.45) is 0 Å². The third kappa shape index (κ3) is 8.62. The number of nitrogens with zero attached hydrogens (tertiary/aromatic N) is 1. The fraction of sp³-hybridized carbons (Fsp3) is 0.233. The minimum atomic E-state index is -5.76. The van der Waals surface area contributed by atoms with Gasteiger partial charge in [-0.2, -0.15) is 8.62 Å². The minimum Gasteiger partial charge on any atom is -0.390 e. The summed E-state index contributed by atoms with van der Waals surface area (Å²) in [7, 11) is -16.8. The van der Waals surface area contributed by atoms with Gasteiger partial charge in [-0.3, -0.25) is 23.7 Å². The summed E-state index contributed by atoms with van der Waals surface area (Å²) in [6, 6.07) is 18.2. The molecular formula is C30H30N3O15P3. The van der Waals surface area contributed by atoms with E-state index < -0.39 is 59.8 Å². The van der Waals surface area contributed by atoms with Crippen LogP contribution in [0, 0.1) is 0 Å². The molecule has 2 unspecified atom stereocenters. The molecule has 270 valence electrons. The quantitative estimate of drug-likeness (QED) is 0.0671. The van der Waals surface area contributed by atoms with Crippen molar-refractivity contribution in [2.45, 2.75) is 31.3 Å². The highest BCUT2D eigenvalue weighted by Crippen LogP contribution is 2.66. The lowest BCUT2D eigenvalue weighted by Crippen LogP contribution is -2.33. The van der Waals surface area contributed by atoms with E-state index in [9.17, 15) is 43.0 Å². The number of carbonyl (C=O) groups excluding carboxylic acids is 1. The van der Waals surface area contributed by atoms with Crippen molar-refractivity contribution < 1.29 is 61.1 Å². The van der Waals surface area contributed by atoms with Gasteiger partial charge in [0.05, 0.1) is 24.7 Å². The molecule has 1 saturated heterocycles. The maximum absolute atomic E-state index is 12.9. The number of benzene rings is 4. The Morgan fingerprint density at radius 2 is 1.61 bits per heavy atom. The Morgan fingerprint density at radius 3 is 2.31 bits per heavy atom. The first-order valence-electron chi connectivity index (χ1n) is 15.0. The molecular weight excluding hydrogens is 735 g/mol. The number of hydrogen-bond donors (Lipinski definition) is 7.